The van der Waals surface area contributed by atoms with Crippen molar-refractivity contribution in [1.82, 2.24) is 0 Å². The molecule has 20 heavy (non-hydrogen) atoms. The molecule has 0 saturated carbocycles. The van der Waals surface area contributed by atoms with E-state index in [9.17, 15) is 4.79 Å². The molecule has 6 heteroatoms. The lowest BCUT2D eigenvalue weighted by atomic mass is 10.3. The highest BCUT2D eigenvalue weighted by Crippen LogP contribution is 2.30. The monoisotopic (exact) mass is 311 g/mol. The van der Waals surface area contributed by atoms with Gasteiger partial charge in [0, 0.05) is 10.6 Å². The van der Waals surface area contributed by atoms with Crippen LogP contribution in [0, 0.1) is 0 Å². The third-order valence-corrected chi connectivity index (χ3v) is 3.99. The fourth-order valence-electron chi connectivity index (χ4n) is 1.59. The molecule has 106 valence electrons. The van der Waals surface area contributed by atoms with Gasteiger partial charge in [0.05, 0.1) is 11.4 Å². The minimum atomic E-state index is -0.500. The Morgan fingerprint density at radius 1 is 1.25 bits per heavy atom. The largest absolute Gasteiger partial charge is 0.485 e. The van der Waals surface area contributed by atoms with E-state index >= 15 is 0 Å². The van der Waals surface area contributed by atoms with E-state index in [0.29, 0.717) is 5.69 Å². The van der Waals surface area contributed by atoms with Crippen molar-refractivity contribution in [3.8, 4) is 5.75 Å². The summed E-state index contributed by atoms with van der Waals surface area (Å²) in [5.74, 6) is 0.720. The number of nitrogens with one attached hydrogen (secondary N) is 1. The van der Waals surface area contributed by atoms with Gasteiger partial charge in [0.1, 0.15) is 11.9 Å². The molecular weight excluding hydrogens is 298 g/mol. The normalized spacial score (nSPS) is 11.8. The van der Waals surface area contributed by atoms with Crippen molar-refractivity contribution in [2.24, 2.45) is 0 Å². The van der Waals surface area contributed by atoms with Gasteiger partial charge in [-0.2, -0.15) is 0 Å². The maximum atomic E-state index is 11.1. The van der Waals surface area contributed by atoms with Crippen molar-refractivity contribution >= 4 is 34.7 Å². The van der Waals surface area contributed by atoms with E-state index in [4.69, 9.17) is 16.3 Å². The Labute approximate surface area is 126 Å². The van der Waals surface area contributed by atoms with Gasteiger partial charge in [0.15, 0.2) is 0 Å². The molecule has 1 aromatic carbocycles. The Morgan fingerprint density at radius 2 is 1.95 bits per heavy atom. The molecule has 2 rings (SSSR count). The lowest BCUT2D eigenvalue weighted by Crippen LogP contribution is -2.10. The molecule has 1 aromatic heterocycles. The number of halogens is 1. The summed E-state index contributed by atoms with van der Waals surface area (Å²) >= 11 is 7.40. The summed E-state index contributed by atoms with van der Waals surface area (Å²) in [5, 5.41) is 2.58. The zero-order valence-electron chi connectivity index (χ0n) is 11.1. The third kappa shape index (κ3) is 3.88. The van der Waals surface area contributed by atoms with Gasteiger partial charge < -0.3 is 9.47 Å². The number of methoxy groups -OCH3 is 1. The van der Waals surface area contributed by atoms with Crippen LogP contribution in [-0.4, -0.2) is 13.2 Å². The van der Waals surface area contributed by atoms with Crippen LogP contribution >= 0.6 is 22.9 Å². The first-order chi connectivity index (χ1) is 9.58. The van der Waals surface area contributed by atoms with E-state index < -0.39 is 6.09 Å². The maximum Gasteiger partial charge on any atom is 0.411 e. The van der Waals surface area contributed by atoms with Gasteiger partial charge in [0.2, 0.25) is 0 Å². The molecule has 0 aliphatic rings. The molecule has 0 radical (unpaired) electrons. The molecule has 0 aliphatic heterocycles. The number of amides is 1. The molecule has 1 unspecified atom stereocenters. The van der Waals surface area contributed by atoms with Crippen LogP contribution in [0.15, 0.2) is 36.4 Å². The zero-order chi connectivity index (χ0) is 14.5. The molecule has 1 atom stereocenters. The van der Waals surface area contributed by atoms with Crippen LogP contribution in [0.1, 0.15) is 17.9 Å². The van der Waals surface area contributed by atoms with Crippen molar-refractivity contribution in [3.63, 3.8) is 0 Å². The molecule has 2 aromatic rings. The van der Waals surface area contributed by atoms with Crippen LogP contribution in [0.5, 0.6) is 5.75 Å². The Bertz CT molecular complexity index is 582. The van der Waals surface area contributed by atoms with Gasteiger partial charge in [-0.1, -0.05) is 11.6 Å². The van der Waals surface area contributed by atoms with Gasteiger partial charge in [-0.25, -0.2) is 4.79 Å². The molecule has 4 nitrogen and oxygen atoms in total. The Balaban J connectivity index is 1.98. The number of hydrogen-bond acceptors (Lipinski definition) is 4. The molecule has 0 saturated heterocycles. The molecular formula is C14H14ClNO3S. The first kappa shape index (κ1) is 14.7. The topological polar surface area (TPSA) is 47.6 Å². The maximum absolute atomic E-state index is 11.1. The van der Waals surface area contributed by atoms with E-state index in [-0.39, 0.29) is 6.10 Å². The van der Waals surface area contributed by atoms with Crippen molar-refractivity contribution in [1.29, 1.82) is 0 Å². The summed E-state index contributed by atoms with van der Waals surface area (Å²) in [6.45, 7) is 1.96. The number of benzene rings is 1. The van der Waals surface area contributed by atoms with Crippen molar-refractivity contribution in [2.45, 2.75) is 13.0 Å². The summed E-state index contributed by atoms with van der Waals surface area (Å²) in [6, 6.07) is 10.9. The van der Waals surface area contributed by atoms with Crippen LogP contribution in [0.4, 0.5) is 10.5 Å². The number of carbonyl (C=O) groups excluding carboxylic acids is 1. The van der Waals surface area contributed by atoms with E-state index in [1.165, 1.54) is 18.4 Å². The number of hydrogen-bond donors (Lipinski definition) is 1. The minimum Gasteiger partial charge on any atom is -0.485 e. The van der Waals surface area contributed by atoms with Crippen molar-refractivity contribution < 1.29 is 14.3 Å². The third-order valence-electron chi connectivity index (χ3n) is 2.59. The average Bonchev–Trinajstić information content (AvgIpc) is 2.87. The predicted octanol–water partition coefficient (Wildman–Crippen LogP) is 4.72. The number of anilines is 1. The molecule has 0 aliphatic carbocycles. The number of carbonyl (C=O) groups is 1. The SMILES string of the molecule is COC(=O)Nc1ccc(OC(C)c2ccc(Cl)s2)cc1. The van der Waals surface area contributed by atoms with E-state index in [1.807, 2.05) is 19.1 Å². The second-order valence-corrected chi connectivity index (χ2v) is 5.79. The van der Waals surface area contributed by atoms with Crippen LogP contribution in [-0.2, 0) is 4.74 Å². The fourth-order valence-corrected chi connectivity index (χ4v) is 2.64. The summed E-state index contributed by atoms with van der Waals surface area (Å²) < 4.78 is 11.1. The minimum absolute atomic E-state index is 0.0769. The predicted molar refractivity (Wildman–Crippen MR) is 80.8 cm³/mol. The Hall–Kier alpha value is -1.72. The fraction of sp³-hybridized carbons (Fsp3) is 0.214. The van der Waals surface area contributed by atoms with Gasteiger partial charge in [-0.05, 0) is 43.3 Å². The Morgan fingerprint density at radius 3 is 2.50 bits per heavy atom. The van der Waals surface area contributed by atoms with Crippen molar-refractivity contribution in [3.05, 3.63) is 45.6 Å². The van der Waals surface area contributed by atoms with Gasteiger partial charge in [0.25, 0.3) is 0 Å². The van der Waals surface area contributed by atoms with E-state index in [0.717, 1.165) is 15.0 Å². The highest BCUT2D eigenvalue weighted by molar-refractivity contribution is 7.16. The first-order valence-electron chi connectivity index (χ1n) is 5.95. The van der Waals surface area contributed by atoms with E-state index in [2.05, 4.69) is 10.1 Å². The quantitative estimate of drug-likeness (QED) is 0.888. The molecule has 1 N–H and O–H groups in total. The van der Waals surface area contributed by atoms with E-state index in [1.54, 1.807) is 24.3 Å². The molecule has 0 bridgehead atoms. The molecule has 1 heterocycles. The van der Waals surface area contributed by atoms with Crippen LogP contribution in [0.25, 0.3) is 0 Å². The van der Waals surface area contributed by atoms with Gasteiger partial charge >= 0.3 is 6.09 Å². The van der Waals surface area contributed by atoms with Crippen LogP contribution in [0.3, 0.4) is 0 Å². The lowest BCUT2D eigenvalue weighted by molar-refractivity contribution is 0.187. The number of ether oxygens (including phenoxy) is 2. The summed E-state index contributed by atoms with van der Waals surface area (Å²) in [5.41, 5.74) is 0.649. The van der Waals surface area contributed by atoms with Crippen LogP contribution < -0.4 is 10.1 Å². The second-order valence-electron chi connectivity index (χ2n) is 4.04. The zero-order valence-corrected chi connectivity index (χ0v) is 12.6. The summed E-state index contributed by atoms with van der Waals surface area (Å²) in [6.07, 6.45) is -0.577. The average molecular weight is 312 g/mol. The highest BCUT2D eigenvalue weighted by atomic mass is 35.5. The first-order valence-corrected chi connectivity index (χ1v) is 7.15. The highest BCUT2D eigenvalue weighted by Gasteiger charge is 2.10. The van der Waals surface area contributed by atoms with Gasteiger partial charge in [-0.3, -0.25) is 5.32 Å². The summed E-state index contributed by atoms with van der Waals surface area (Å²) in [7, 11) is 1.32. The number of thiophene rings is 1. The lowest BCUT2D eigenvalue weighted by Gasteiger charge is -2.13. The second kappa shape index (κ2) is 6.63. The number of rotatable bonds is 4. The molecule has 1 amide bonds. The smallest absolute Gasteiger partial charge is 0.411 e. The Kier molecular flexibility index (Phi) is 4.87. The summed E-state index contributed by atoms with van der Waals surface area (Å²) in [4.78, 5) is 12.1. The molecule has 0 spiro atoms. The van der Waals surface area contributed by atoms with Gasteiger partial charge in [-0.15, -0.1) is 11.3 Å². The van der Waals surface area contributed by atoms with Crippen LogP contribution in [0.2, 0.25) is 4.34 Å². The van der Waals surface area contributed by atoms with Crippen molar-refractivity contribution in [2.75, 3.05) is 12.4 Å². The standard InChI is InChI=1S/C14H14ClNO3S/c1-9(12-7-8-13(15)20-12)19-11-5-3-10(4-6-11)16-14(17)18-2/h3-9H,1-2H3,(H,16,17). The molecule has 0 fully saturated rings.